The van der Waals surface area contributed by atoms with E-state index >= 15 is 0 Å². The minimum Gasteiger partial charge on any atom is -0.354 e. The van der Waals surface area contributed by atoms with Gasteiger partial charge < -0.3 is 20.9 Å². The van der Waals surface area contributed by atoms with Crippen LogP contribution < -0.4 is 16.0 Å². The van der Waals surface area contributed by atoms with Gasteiger partial charge in [0.05, 0.1) is 0 Å². The van der Waals surface area contributed by atoms with Gasteiger partial charge in [-0.2, -0.15) is 0 Å². The topological polar surface area (TPSA) is 73.5 Å². The summed E-state index contributed by atoms with van der Waals surface area (Å²) in [6.07, 6.45) is 0.875. The zero-order chi connectivity index (χ0) is 17.2. The van der Waals surface area contributed by atoms with Gasteiger partial charge in [0.15, 0.2) is 0 Å². The molecule has 128 valence electrons. The molecule has 0 fully saturated rings. The standard InChI is InChI=1S/C17H28N4O2/c1-13(2)15(16(22)18-11-8-12-21(3)4)20-17(23)19-14-9-6-5-7-10-14/h5-7,9-10,13,15H,8,11-12H2,1-4H3,(H,18,22)(H2,19,20,23). The van der Waals surface area contributed by atoms with Gasteiger partial charge in [0.2, 0.25) is 5.91 Å². The molecule has 23 heavy (non-hydrogen) atoms. The largest absolute Gasteiger partial charge is 0.354 e. The second kappa shape index (κ2) is 9.84. The van der Waals surface area contributed by atoms with Crippen LogP contribution in [0.4, 0.5) is 10.5 Å². The Morgan fingerprint density at radius 3 is 2.35 bits per heavy atom. The van der Waals surface area contributed by atoms with Crippen molar-refractivity contribution in [2.45, 2.75) is 26.3 Å². The van der Waals surface area contributed by atoms with Gasteiger partial charge in [0, 0.05) is 12.2 Å². The number of nitrogens with one attached hydrogen (secondary N) is 3. The molecule has 0 aliphatic rings. The fourth-order valence-corrected chi connectivity index (χ4v) is 2.08. The lowest BCUT2D eigenvalue weighted by Gasteiger charge is -2.22. The molecule has 0 saturated carbocycles. The normalized spacial score (nSPS) is 12.1. The summed E-state index contributed by atoms with van der Waals surface area (Å²) in [5.74, 6) is -0.146. The van der Waals surface area contributed by atoms with Gasteiger partial charge in [0.1, 0.15) is 6.04 Å². The van der Waals surface area contributed by atoms with Gasteiger partial charge in [-0.1, -0.05) is 32.0 Å². The molecule has 0 aromatic heterocycles. The lowest BCUT2D eigenvalue weighted by Crippen LogP contribution is -2.51. The van der Waals surface area contributed by atoms with Crippen LogP contribution >= 0.6 is 0 Å². The highest BCUT2D eigenvalue weighted by Gasteiger charge is 2.23. The molecule has 1 aromatic rings. The molecule has 0 heterocycles. The molecule has 6 heteroatoms. The lowest BCUT2D eigenvalue weighted by molar-refractivity contribution is -0.123. The van der Waals surface area contributed by atoms with Crippen LogP contribution in [0.5, 0.6) is 0 Å². The van der Waals surface area contributed by atoms with Crippen LogP contribution in [-0.2, 0) is 4.79 Å². The van der Waals surface area contributed by atoms with Crippen molar-refractivity contribution in [3.05, 3.63) is 30.3 Å². The number of carbonyl (C=O) groups is 2. The van der Waals surface area contributed by atoms with E-state index in [1.807, 2.05) is 46.1 Å². The zero-order valence-corrected chi connectivity index (χ0v) is 14.4. The van der Waals surface area contributed by atoms with Gasteiger partial charge in [-0.15, -0.1) is 0 Å². The van der Waals surface area contributed by atoms with Gasteiger partial charge in [0.25, 0.3) is 0 Å². The maximum absolute atomic E-state index is 12.3. The van der Waals surface area contributed by atoms with E-state index in [1.54, 1.807) is 12.1 Å². The smallest absolute Gasteiger partial charge is 0.319 e. The molecule has 0 aliphatic carbocycles. The number of hydrogen-bond acceptors (Lipinski definition) is 3. The second-order valence-corrected chi connectivity index (χ2v) is 6.13. The van der Waals surface area contributed by atoms with E-state index < -0.39 is 6.04 Å². The summed E-state index contributed by atoms with van der Waals surface area (Å²) in [4.78, 5) is 26.4. The molecule has 1 unspecified atom stereocenters. The van der Waals surface area contributed by atoms with Crippen LogP contribution in [0.3, 0.4) is 0 Å². The Morgan fingerprint density at radius 2 is 1.78 bits per heavy atom. The van der Waals surface area contributed by atoms with Gasteiger partial charge in [-0.3, -0.25) is 4.79 Å². The third-order valence-electron chi connectivity index (χ3n) is 3.35. The Kier molecular flexibility index (Phi) is 8.11. The van der Waals surface area contributed by atoms with Crippen LogP contribution in [-0.4, -0.2) is 50.1 Å². The van der Waals surface area contributed by atoms with Crippen LogP contribution in [0.1, 0.15) is 20.3 Å². The van der Waals surface area contributed by atoms with Crippen LogP contribution in [0.2, 0.25) is 0 Å². The average Bonchev–Trinajstić information content (AvgIpc) is 2.49. The molecular formula is C17H28N4O2. The number of amides is 3. The van der Waals surface area contributed by atoms with Crippen molar-refractivity contribution in [2.24, 2.45) is 5.92 Å². The summed E-state index contributed by atoms with van der Waals surface area (Å²) in [7, 11) is 3.99. The van der Waals surface area contributed by atoms with E-state index in [9.17, 15) is 9.59 Å². The number of nitrogens with zero attached hydrogens (tertiary/aromatic N) is 1. The molecule has 1 atom stereocenters. The number of rotatable bonds is 8. The third kappa shape index (κ3) is 7.65. The predicted octanol–water partition coefficient (Wildman–Crippen LogP) is 1.90. The van der Waals surface area contributed by atoms with Crippen LogP contribution in [0.25, 0.3) is 0 Å². The highest BCUT2D eigenvalue weighted by Crippen LogP contribution is 2.06. The van der Waals surface area contributed by atoms with E-state index in [1.165, 1.54) is 0 Å². The van der Waals surface area contributed by atoms with E-state index in [-0.39, 0.29) is 17.9 Å². The monoisotopic (exact) mass is 320 g/mol. The maximum atomic E-state index is 12.3. The lowest BCUT2D eigenvalue weighted by atomic mass is 10.0. The van der Waals surface area contributed by atoms with Gasteiger partial charge in [-0.05, 0) is 45.1 Å². The second-order valence-electron chi connectivity index (χ2n) is 6.13. The SMILES string of the molecule is CC(C)C(NC(=O)Nc1ccccc1)C(=O)NCCCN(C)C. The van der Waals surface area contributed by atoms with Crippen molar-refractivity contribution in [2.75, 3.05) is 32.5 Å². The Labute approximate surface area is 138 Å². The molecule has 0 spiro atoms. The first kappa shape index (κ1) is 19.0. The van der Waals surface area contributed by atoms with Crippen molar-refractivity contribution in [3.8, 4) is 0 Å². The van der Waals surface area contributed by atoms with E-state index in [4.69, 9.17) is 0 Å². The van der Waals surface area contributed by atoms with Crippen molar-refractivity contribution in [3.63, 3.8) is 0 Å². The third-order valence-corrected chi connectivity index (χ3v) is 3.35. The molecule has 0 bridgehead atoms. The van der Waals surface area contributed by atoms with E-state index in [2.05, 4.69) is 20.9 Å². The highest BCUT2D eigenvalue weighted by molar-refractivity contribution is 5.93. The highest BCUT2D eigenvalue weighted by atomic mass is 16.2. The summed E-state index contributed by atoms with van der Waals surface area (Å²) in [6.45, 7) is 5.33. The predicted molar refractivity (Wildman–Crippen MR) is 93.4 cm³/mol. The molecule has 3 N–H and O–H groups in total. The van der Waals surface area contributed by atoms with Crippen molar-refractivity contribution in [1.82, 2.24) is 15.5 Å². The zero-order valence-electron chi connectivity index (χ0n) is 14.4. The Hall–Kier alpha value is -2.08. The van der Waals surface area contributed by atoms with E-state index in [0.29, 0.717) is 12.2 Å². The number of para-hydroxylation sites is 1. The molecule has 0 radical (unpaired) electrons. The summed E-state index contributed by atoms with van der Waals surface area (Å²) in [6, 6.07) is 8.22. The molecule has 3 amide bonds. The minimum absolute atomic E-state index is 0.00497. The van der Waals surface area contributed by atoms with Crippen molar-refractivity contribution in [1.29, 1.82) is 0 Å². The number of urea groups is 1. The fraction of sp³-hybridized carbons (Fsp3) is 0.529. The van der Waals surface area contributed by atoms with Gasteiger partial charge >= 0.3 is 6.03 Å². The first-order chi connectivity index (χ1) is 10.9. The molecule has 6 nitrogen and oxygen atoms in total. The van der Waals surface area contributed by atoms with Crippen molar-refractivity contribution >= 4 is 17.6 Å². The number of carbonyl (C=O) groups excluding carboxylic acids is 2. The summed E-state index contributed by atoms with van der Waals surface area (Å²) < 4.78 is 0. The Balaban J connectivity index is 2.47. The molecule has 0 aliphatic heterocycles. The summed E-state index contributed by atoms with van der Waals surface area (Å²) in [5.41, 5.74) is 0.693. The molecule has 1 rings (SSSR count). The van der Waals surface area contributed by atoms with Crippen LogP contribution in [0, 0.1) is 5.92 Å². The molecular weight excluding hydrogens is 292 g/mol. The molecule has 0 saturated heterocycles. The first-order valence-corrected chi connectivity index (χ1v) is 7.95. The Morgan fingerprint density at radius 1 is 1.13 bits per heavy atom. The van der Waals surface area contributed by atoms with Crippen molar-refractivity contribution < 1.29 is 9.59 Å². The Bertz CT molecular complexity index is 489. The van der Waals surface area contributed by atoms with Crippen LogP contribution in [0.15, 0.2) is 30.3 Å². The number of anilines is 1. The summed E-state index contributed by atoms with van der Waals surface area (Å²) >= 11 is 0. The number of hydrogen-bond donors (Lipinski definition) is 3. The number of benzene rings is 1. The van der Waals surface area contributed by atoms with Gasteiger partial charge in [-0.25, -0.2) is 4.79 Å². The maximum Gasteiger partial charge on any atom is 0.319 e. The first-order valence-electron chi connectivity index (χ1n) is 7.95. The van der Waals surface area contributed by atoms with E-state index in [0.717, 1.165) is 13.0 Å². The summed E-state index contributed by atoms with van der Waals surface area (Å²) in [5, 5.41) is 8.35. The minimum atomic E-state index is -0.557. The molecule has 1 aromatic carbocycles. The quantitative estimate of drug-likeness (QED) is 0.641. The average molecular weight is 320 g/mol. The fourth-order valence-electron chi connectivity index (χ4n) is 2.08.